The number of rotatable bonds is 4. The normalized spacial score (nSPS) is 12.6. The molecule has 0 bridgehead atoms. The minimum absolute atomic E-state index is 0.129. The van der Waals surface area contributed by atoms with Crippen LogP contribution in [0.1, 0.15) is 38.1 Å². The van der Waals surface area contributed by atoms with Crippen molar-refractivity contribution in [3.05, 3.63) is 58.1 Å². The van der Waals surface area contributed by atoms with Crippen molar-refractivity contribution >= 4 is 22.0 Å². The molecule has 0 unspecified atom stereocenters. The van der Waals surface area contributed by atoms with E-state index in [0.29, 0.717) is 15.7 Å². The molecular weight excluding hydrogens is 396 g/mol. The van der Waals surface area contributed by atoms with Gasteiger partial charge in [-0.2, -0.15) is 0 Å². The largest absolute Gasteiger partial charge is 0.444 e. The van der Waals surface area contributed by atoms with E-state index in [1.165, 1.54) is 24.7 Å². The molecular formula is C17H18BrF2N3O2. The van der Waals surface area contributed by atoms with Crippen molar-refractivity contribution in [1.82, 2.24) is 15.3 Å². The summed E-state index contributed by atoms with van der Waals surface area (Å²) in [4.78, 5) is 20.2. The molecule has 0 saturated heterocycles. The molecule has 0 aliphatic rings. The number of alkyl carbamates (subject to hydrolysis) is 1. The maximum Gasteiger partial charge on any atom is 0.408 e. The predicted molar refractivity (Wildman–Crippen MR) is 91.9 cm³/mol. The van der Waals surface area contributed by atoms with Crippen LogP contribution in [0.4, 0.5) is 13.6 Å². The Morgan fingerprint density at radius 1 is 1.28 bits per heavy atom. The molecule has 0 saturated carbocycles. The molecule has 1 aromatic carbocycles. The van der Waals surface area contributed by atoms with Crippen molar-refractivity contribution in [3.63, 3.8) is 0 Å². The van der Waals surface area contributed by atoms with E-state index in [9.17, 15) is 13.6 Å². The summed E-state index contributed by atoms with van der Waals surface area (Å²) in [5.74, 6) is -1.37. The fourth-order valence-corrected chi connectivity index (χ4v) is 2.71. The van der Waals surface area contributed by atoms with E-state index in [1.807, 2.05) is 0 Å². The molecule has 0 aliphatic carbocycles. The Morgan fingerprint density at radius 2 is 1.92 bits per heavy atom. The van der Waals surface area contributed by atoms with Crippen LogP contribution in [0.5, 0.6) is 0 Å². The van der Waals surface area contributed by atoms with Gasteiger partial charge in [-0.3, -0.25) is 0 Å². The van der Waals surface area contributed by atoms with E-state index in [2.05, 4.69) is 31.2 Å². The van der Waals surface area contributed by atoms with Gasteiger partial charge in [-0.25, -0.2) is 23.5 Å². The highest BCUT2D eigenvalue weighted by atomic mass is 79.9. The van der Waals surface area contributed by atoms with Crippen LogP contribution in [0.2, 0.25) is 0 Å². The Balaban J connectivity index is 2.29. The van der Waals surface area contributed by atoms with Gasteiger partial charge in [0.15, 0.2) is 0 Å². The summed E-state index contributed by atoms with van der Waals surface area (Å²) in [5, 5.41) is 2.69. The third kappa shape index (κ3) is 6.04. The van der Waals surface area contributed by atoms with E-state index in [4.69, 9.17) is 4.74 Å². The third-order valence-electron chi connectivity index (χ3n) is 3.08. The molecule has 8 heteroatoms. The molecule has 2 rings (SSSR count). The molecule has 1 amide bonds. The first-order valence-corrected chi connectivity index (χ1v) is 8.33. The van der Waals surface area contributed by atoms with Crippen LogP contribution in [0, 0.1) is 11.6 Å². The van der Waals surface area contributed by atoms with Gasteiger partial charge in [0.25, 0.3) is 0 Å². The number of aromatic nitrogens is 2. The lowest BCUT2D eigenvalue weighted by atomic mass is 10.0. The summed E-state index contributed by atoms with van der Waals surface area (Å²) in [6.07, 6.45) is 2.33. The van der Waals surface area contributed by atoms with E-state index in [0.717, 1.165) is 6.07 Å². The van der Waals surface area contributed by atoms with Gasteiger partial charge >= 0.3 is 6.09 Å². The van der Waals surface area contributed by atoms with Gasteiger partial charge in [0.1, 0.15) is 23.6 Å². The first-order chi connectivity index (χ1) is 11.6. The maximum atomic E-state index is 13.5. The lowest BCUT2D eigenvalue weighted by molar-refractivity contribution is 0.0502. The molecule has 5 nitrogen and oxygen atoms in total. The van der Waals surface area contributed by atoms with Crippen molar-refractivity contribution in [3.8, 4) is 0 Å². The number of nitrogens with one attached hydrogen (secondary N) is 1. The summed E-state index contributed by atoms with van der Waals surface area (Å²) < 4.78 is 32.7. The number of carbonyl (C=O) groups is 1. The molecule has 25 heavy (non-hydrogen) atoms. The Kier molecular flexibility index (Phi) is 6.05. The predicted octanol–water partition coefficient (Wildman–Crippen LogP) is 4.33. The fraction of sp³-hybridized carbons (Fsp3) is 0.353. The SMILES string of the molecule is CC(C)(C)OC(=O)N[C@@H](Cc1cc(F)cc(F)c1)c1ncncc1Br. The van der Waals surface area contributed by atoms with Crippen molar-refractivity contribution in [2.75, 3.05) is 0 Å². The number of ether oxygens (including phenoxy) is 1. The smallest absolute Gasteiger partial charge is 0.408 e. The molecule has 1 N–H and O–H groups in total. The van der Waals surface area contributed by atoms with E-state index < -0.39 is 29.4 Å². The lowest BCUT2D eigenvalue weighted by Gasteiger charge is -2.24. The zero-order valence-corrected chi connectivity index (χ0v) is 15.6. The molecule has 0 aliphatic heterocycles. The van der Waals surface area contributed by atoms with E-state index >= 15 is 0 Å². The number of halogens is 3. The molecule has 1 heterocycles. The van der Waals surface area contributed by atoms with Gasteiger partial charge in [0.2, 0.25) is 0 Å². The van der Waals surface area contributed by atoms with E-state index in [1.54, 1.807) is 20.8 Å². The Hall–Kier alpha value is -2.09. The molecule has 0 radical (unpaired) electrons. The summed E-state index contributed by atoms with van der Waals surface area (Å²) in [6.45, 7) is 5.22. The van der Waals surface area contributed by atoms with Gasteiger partial charge in [0.05, 0.1) is 16.2 Å². The van der Waals surface area contributed by atoms with Crippen LogP contribution < -0.4 is 5.32 Å². The molecule has 0 fully saturated rings. The van der Waals surface area contributed by atoms with Crippen molar-refractivity contribution in [1.29, 1.82) is 0 Å². The van der Waals surface area contributed by atoms with Crippen LogP contribution in [-0.4, -0.2) is 21.7 Å². The summed E-state index contributed by atoms with van der Waals surface area (Å²) in [6, 6.07) is 2.55. The number of nitrogens with zero attached hydrogens (tertiary/aromatic N) is 2. The second-order valence-electron chi connectivity index (χ2n) is 6.44. The Morgan fingerprint density at radius 3 is 2.48 bits per heavy atom. The molecule has 2 aromatic rings. The Labute approximate surface area is 153 Å². The lowest BCUT2D eigenvalue weighted by Crippen LogP contribution is -2.36. The maximum absolute atomic E-state index is 13.5. The highest BCUT2D eigenvalue weighted by Crippen LogP contribution is 2.24. The summed E-state index contributed by atoms with van der Waals surface area (Å²) in [5.41, 5.74) is 0.178. The zero-order chi connectivity index (χ0) is 18.6. The minimum Gasteiger partial charge on any atom is -0.444 e. The average molecular weight is 414 g/mol. The molecule has 0 spiro atoms. The molecule has 1 aromatic heterocycles. The highest BCUT2D eigenvalue weighted by molar-refractivity contribution is 9.10. The second-order valence-corrected chi connectivity index (χ2v) is 7.29. The van der Waals surface area contributed by atoms with Crippen LogP contribution in [0.3, 0.4) is 0 Å². The van der Waals surface area contributed by atoms with Gasteiger partial charge in [-0.1, -0.05) is 0 Å². The van der Waals surface area contributed by atoms with Gasteiger partial charge in [-0.15, -0.1) is 0 Å². The highest BCUT2D eigenvalue weighted by Gasteiger charge is 2.23. The fourth-order valence-electron chi connectivity index (χ4n) is 2.21. The number of hydrogen-bond acceptors (Lipinski definition) is 4. The van der Waals surface area contributed by atoms with Crippen LogP contribution in [-0.2, 0) is 11.2 Å². The monoisotopic (exact) mass is 413 g/mol. The van der Waals surface area contributed by atoms with Crippen LogP contribution in [0.25, 0.3) is 0 Å². The van der Waals surface area contributed by atoms with Crippen LogP contribution in [0.15, 0.2) is 35.2 Å². The summed E-state index contributed by atoms with van der Waals surface area (Å²) in [7, 11) is 0. The quantitative estimate of drug-likeness (QED) is 0.809. The van der Waals surface area contributed by atoms with Gasteiger partial charge in [0, 0.05) is 12.3 Å². The van der Waals surface area contributed by atoms with E-state index in [-0.39, 0.29) is 6.42 Å². The Bertz CT molecular complexity index is 746. The minimum atomic E-state index is -0.687. The standard InChI is InChI=1S/C17H18BrF2N3O2/c1-17(2,3)25-16(24)23-14(15-13(18)8-21-9-22-15)6-10-4-11(19)7-12(20)5-10/h4-5,7-9,14H,6H2,1-3H3,(H,23,24)/t14-/m0/s1. The topological polar surface area (TPSA) is 64.1 Å². The van der Waals surface area contributed by atoms with Gasteiger partial charge < -0.3 is 10.1 Å². The number of amides is 1. The van der Waals surface area contributed by atoms with Gasteiger partial charge in [-0.05, 0) is 60.8 Å². The zero-order valence-electron chi connectivity index (χ0n) is 14.0. The second kappa shape index (κ2) is 7.86. The number of benzene rings is 1. The third-order valence-corrected chi connectivity index (χ3v) is 3.69. The summed E-state index contributed by atoms with van der Waals surface area (Å²) >= 11 is 3.33. The number of hydrogen-bond donors (Lipinski definition) is 1. The van der Waals surface area contributed by atoms with Crippen molar-refractivity contribution < 1.29 is 18.3 Å². The molecule has 134 valence electrons. The first-order valence-electron chi connectivity index (χ1n) is 7.54. The molecule has 1 atom stereocenters. The van der Waals surface area contributed by atoms with Crippen molar-refractivity contribution in [2.24, 2.45) is 0 Å². The van der Waals surface area contributed by atoms with Crippen molar-refractivity contribution in [2.45, 2.75) is 38.8 Å². The average Bonchev–Trinajstić information content (AvgIpc) is 2.44. The number of carbonyl (C=O) groups excluding carboxylic acids is 1. The first kappa shape index (κ1) is 19.2. The van der Waals surface area contributed by atoms with Crippen LogP contribution >= 0.6 is 15.9 Å².